The number of methoxy groups -OCH3 is 4. The number of carbonyl (C=O) groups excluding carboxylic acids is 5. The number of hydrazine groups is 1. The van der Waals surface area contributed by atoms with Crippen molar-refractivity contribution in [1.82, 2.24) is 15.2 Å². The van der Waals surface area contributed by atoms with E-state index in [1.165, 1.54) is 34.5 Å². The van der Waals surface area contributed by atoms with E-state index in [9.17, 15) is 54.9 Å². The first-order valence-electron chi connectivity index (χ1n) is 33.3. The van der Waals surface area contributed by atoms with Gasteiger partial charge < -0.3 is 102 Å². The van der Waals surface area contributed by atoms with Gasteiger partial charge >= 0.3 is 0 Å². The second-order valence-corrected chi connectivity index (χ2v) is 27.6. The lowest BCUT2D eigenvalue weighted by Crippen LogP contribution is -2.70. The van der Waals surface area contributed by atoms with Crippen molar-refractivity contribution in [3.8, 4) is 23.0 Å². The quantitative estimate of drug-likeness (QED) is 0.0575. The number of hydrogen-bond acceptors (Lipinski definition) is 28. The van der Waals surface area contributed by atoms with Crippen LogP contribution in [-0.2, 0) is 61.6 Å². The molecule has 2 aromatic carbocycles. The first-order valence-corrected chi connectivity index (χ1v) is 33.3. The molecule has 0 bridgehead atoms. The zero-order valence-corrected chi connectivity index (χ0v) is 57.3. The molecule has 4 fully saturated rings. The molecule has 0 radical (unpaired) electrons. The van der Waals surface area contributed by atoms with E-state index in [1.807, 2.05) is 0 Å². The molecule has 10 aliphatic rings. The van der Waals surface area contributed by atoms with Crippen LogP contribution in [0.25, 0.3) is 17.2 Å². The summed E-state index contributed by atoms with van der Waals surface area (Å²) in [5, 5.41) is 90.2. The third-order valence-electron chi connectivity index (χ3n) is 22.1. The summed E-state index contributed by atoms with van der Waals surface area (Å²) >= 11 is 0. The maximum absolute atomic E-state index is 18.0. The summed E-state index contributed by atoms with van der Waals surface area (Å²) in [5.41, 5.74) is -6.81. The molecule has 534 valence electrons. The van der Waals surface area contributed by atoms with Gasteiger partial charge in [0.05, 0.1) is 101 Å². The van der Waals surface area contributed by atoms with Crippen LogP contribution in [0.3, 0.4) is 0 Å². The predicted molar refractivity (Wildman–Crippen MR) is 346 cm³/mol. The Morgan fingerprint density at radius 1 is 0.531 bits per heavy atom. The SMILES string of the molecule is CC[C@@]1(O[C@H]2C[C@H](OC)[C@@H](OC)[C@H](C)O2)[C@H](O[C@@H]2C[C@H](O)[C@@H](N(C)C)[C@H](C)O2)C2=C(C(=O)[C@@H]1[C@H]1C(O)=C3C(=Cc4c(O)c5c(c(O)c43)C(=O)C=CC5=O)[C@@H](O[C@@H]3C[C@H](O)[C@@H](N(C)C)[C@H](C)O3)[C@@]1(CC)O[C@H]1C[C@H](OC)[C@@H](OC)[C@H](C)O1)c1c(O)c3c(c(O)c1C2NN)C(=O)C=CC3=O. The van der Waals surface area contributed by atoms with Crippen LogP contribution in [0.2, 0.25) is 0 Å². The number of Topliss-reactive ketones (excluding diaryl/α,β-unsaturated/α-hetero) is 1. The molecule has 28 nitrogen and oxygen atoms in total. The molecule has 0 amide bonds. The highest BCUT2D eigenvalue weighted by atomic mass is 16.7. The average Bonchev–Trinajstić information content (AvgIpc) is 1.41. The molecular formula is C70H90N4O24. The van der Waals surface area contributed by atoms with Crippen LogP contribution in [0.15, 0.2) is 41.2 Å². The number of likely N-dealkylation sites (N-methyl/N-ethyl adjacent to an activating group) is 2. The van der Waals surface area contributed by atoms with Gasteiger partial charge in [-0.2, -0.15) is 0 Å². The largest absolute Gasteiger partial charge is 0.511 e. The number of nitrogens with zero attached hydrogens (tertiary/aromatic N) is 2. The van der Waals surface area contributed by atoms with Gasteiger partial charge in [0.25, 0.3) is 0 Å². The van der Waals surface area contributed by atoms with Gasteiger partial charge in [-0.1, -0.05) is 13.8 Å². The first kappa shape index (κ1) is 71.6. The van der Waals surface area contributed by atoms with Crippen LogP contribution in [0.4, 0.5) is 0 Å². The molecule has 28 heteroatoms. The Hall–Kier alpha value is -6.23. The van der Waals surface area contributed by atoms with Crippen molar-refractivity contribution >= 4 is 46.1 Å². The lowest BCUT2D eigenvalue weighted by atomic mass is 9.55. The minimum absolute atomic E-state index is 0.0474. The Balaban J connectivity index is 1.21. The highest BCUT2D eigenvalue weighted by Crippen LogP contribution is 2.66. The molecule has 4 heterocycles. The van der Waals surface area contributed by atoms with Gasteiger partial charge in [-0.15, -0.1) is 0 Å². The van der Waals surface area contributed by atoms with Crippen molar-refractivity contribution in [1.29, 1.82) is 0 Å². The number of fused-ring (bicyclic) bond motifs is 7. The number of aromatic hydroxyl groups is 4. The molecule has 1 unspecified atom stereocenters. The van der Waals surface area contributed by atoms with E-state index >= 15 is 4.79 Å². The minimum Gasteiger partial charge on any atom is -0.511 e. The van der Waals surface area contributed by atoms with Crippen molar-refractivity contribution < 1.29 is 117 Å². The van der Waals surface area contributed by atoms with Crippen LogP contribution in [-0.4, -0.2) is 253 Å². The zero-order chi connectivity index (χ0) is 71.0. The molecule has 0 spiro atoms. The van der Waals surface area contributed by atoms with E-state index in [0.717, 1.165) is 24.3 Å². The van der Waals surface area contributed by atoms with E-state index in [2.05, 4.69) is 5.43 Å². The maximum atomic E-state index is 18.0. The number of aliphatic hydroxyl groups excluding tert-OH is 3. The van der Waals surface area contributed by atoms with Crippen LogP contribution < -0.4 is 11.3 Å². The number of ketones is 5. The van der Waals surface area contributed by atoms with E-state index in [-0.39, 0.29) is 71.9 Å². The summed E-state index contributed by atoms with van der Waals surface area (Å²) in [5.74, 6) is -6.09. The van der Waals surface area contributed by atoms with Gasteiger partial charge in [0.1, 0.15) is 64.4 Å². The number of hydrogen-bond donors (Lipinski definition) is 9. The van der Waals surface area contributed by atoms with Gasteiger partial charge in [-0.3, -0.25) is 29.8 Å². The van der Waals surface area contributed by atoms with Gasteiger partial charge in [0, 0.05) is 87.5 Å². The fourth-order valence-corrected chi connectivity index (χ4v) is 18.0. The zero-order valence-electron chi connectivity index (χ0n) is 57.3. The number of benzene rings is 2. The normalized spacial score (nSPS) is 38.3. The van der Waals surface area contributed by atoms with Crippen molar-refractivity contribution in [2.75, 3.05) is 56.6 Å². The summed E-state index contributed by atoms with van der Waals surface area (Å²) in [6.07, 6.45) is -13.7. The molecule has 23 atom stereocenters. The number of nitrogens with two attached hydrogens (primary N) is 1. The number of aliphatic hydroxyl groups is 3. The van der Waals surface area contributed by atoms with E-state index < -0.39 is 231 Å². The third-order valence-corrected chi connectivity index (χ3v) is 22.1. The van der Waals surface area contributed by atoms with Crippen LogP contribution in [0.1, 0.15) is 150 Å². The molecular weight excluding hydrogens is 1280 g/mol. The Morgan fingerprint density at radius 3 is 1.37 bits per heavy atom. The standard InChI is InChI=1S/C70H90N4O24/c1-15-69(97-42-24-38(87-11)65(89-13)28(5)93-42)54(63(85)45-31(67(69)95-40-22-36(79)57(73(7)8)26(3)91-40)21-30-44(45)60(82)47-33(76)18-17-32(75)46(47)59(30)81)55-64(86)51-50-52(62(84)49-35(78)20-19-34(77)48(49)61(50)83)56(72-71)53(51)68(96-41-23-37(80)58(74(9)10)27(4)92-41)70(55,16-2)98-43-25-39(88-12)66(90-14)29(6)94-43/h17-21,26-29,36-43,54-58,65-68,72,79-85H,15-16,22-25,71H2,1-14H3/t26-,27-,28-,29-,36-,37-,38-,39-,40+,41+,42-,43-,54-,55-,56?,57-,58-,65-,66-,67+,68+,69-,70-/m0/s1. The molecule has 0 saturated carbocycles. The van der Waals surface area contributed by atoms with Gasteiger partial charge in [-0.05, 0) is 110 Å². The Labute approximate surface area is 566 Å². The Bertz CT molecular complexity index is 3730. The number of phenols is 4. The van der Waals surface area contributed by atoms with Crippen molar-refractivity contribution in [3.63, 3.8) is 0 Å². The van der Waals surface area contributed by atoms with Gasteiger partial charge in [0.2, 0.25) is 0 Å². The number of carbonyl (C=O) groups is 5. The van der Waals surface area contributed by atoms with Gasteiger partial charge in [-0.25, -0.2) is 5.43 Å². The summed E-state index contributed by atoms with van der Waals surface area (Å²) in [7, 11) is 13.0. The van der Waals surface area contributed by atoms with Crippen LogP contribution in [0, 0.1) is 11.8 Å². The molecule has 6 aliphatic carbocycles. The number of allylic oxidation sites excluding steroid dienone is 5. The average molecular weight is 1370 g/mol. The monoisotopic (exact) mass is 1370 g/mol. The van der Waals surface area contributed by atoms with Crippen LogP contribution >= 0.6 is 0 Å². The molecule has 10 N–H and O–H groups in total. The Kier molecular flexibility index (Phi) is 19.7. The van der Waals surface area contributed by atoms with Crippen molar-refractivity contribution in [2.24, 2.45) is 17.7 Å². The second kappa shape index (κ2) is 26.9. The fourth-order valence-electron chi connectivity index (χ4n) is 18.0. The van der Waals surface area contributed by atoms with Crippen molar-refractivity contribution in [2.45, 2.75) is 208 Å². The van der Waals surface area contributed by atoms with E-state index in [0.29, 0.717) is 0 Å². The third kappa shape index (κ3) is 11.0. The van der Waals surface area contributed by atoms with E-state index in [1.54, 1.807) is 79.5 Å². The van der Waals surface area contributed by atoms with Crippen molar-refractivity contribution in [3.05, 3.63) is 85.7 Å². The summed E-state index contributed by atoms with van der Waals surface area (Å²) < 4.78 is 81.6. The van der Waals surface area contributed by atoms with Gasteiger partial charge in [0.15, 0.2) is 54.1 Å². The molecule has 4 saturated heterocycles. The summed E-state index contributed by atoms with van der Waals surface area (Å²) in [4.78, 5) is 77.9. The fraction of sp³-hybridized carbons (Fsp3) is 0.614. The lowest BCUT2D eigenvalue weighted by Gasteiger charge is -2.59. The number of phenolic OH excluding ortho intramolecular Hbond substituents is 4. The van der Waals surface area contributed by atoms with Crippen LogP contribution in [0.5, 0.6) is 23.0 Å². The molecule has 98 heavy (non-hydrogen) atoms. The second-order valence-electron chi connectivity index (χ2n) is 27.6. The minimum atomic E-state index is -2.39. The molecule has 4 aliphatic heterocycles. The summed E-state index contributed by atoms with van der Waals surface area (Å²) in [6.45, 7) is 10.3. The number of nitrogens with one attached hydrogen (secondary N) is 1. The topological polar surface area (TPSA) is 382 Å². The Morgan fingerprint density at radius 2 is 0.949 bits per heavy atom. The molecule has 2 aromatic rings. The smallest absolute Gasteiger partial charge is 0.190 e. The predicted octanol–water partition coefficient (Wildman–Crippen LogP) is 4.13. The molecule has 0 aromatic heterocycles. The van der Waals surface area contributed by atoms with E-state index in [4.69, 9.17) is 62.7 Å². The number of rotatable bonds is 18. The summed E-state index contributed by atoms with van der Waals surface area (Å²) in [6, 6.07) is -2.78. The lowest BCUT2D eigenvalue weighted by molar-refractivity contribution is -0.348. The molecule has 12 rings (SSSR count). The maximum Gasteiger partial charge on any atom is 0.190 e. The number of ether oxygens (including phenoxy) is 12. The first-order chi connectivity index (χ1) is 46.5. The highest BCUT2D eigenvalue weighted by Gasteiger charge is 2.71. The highest BCUT2D eigenvalue weighted by molar-refractivity contribution is 6.31.